The largest absolute Gasteiger partial charge is 0.463 e. The summed E-state index contributed by atoms with van der Waals surface area (Å²) >= 11 is 3.47. The minimum absolute atomic E-state index is 0.182. The molecule has 0 saturated carbocycles. The third-order valence-corrected chi connectivity index (χ3v) is 6.11. The van der Waals surface area contributed by atoms with E-state index < -0.39 is 18.0 Å². The van der Waals surface area contributed by atoms with Gasteiger partial charge in [0.25, 0.3) is 0 Å². The molecule has 0 bridgehead atoms. The molecule has 0 spiro atoms. The summed E-state index contributed by atoms with van der Waals surface area (Å²) in [4.78, 5) is 30.9. The highest BCUT2D eigenvalue weighted by molar-refractivity contribution is 9.10. The molecule has 0 aliphatic rings. The highest BCUT2D eigenvalue weighted by atomic mass is 79.9. The van der Waals surface area contributed by atoms with Gasteiger partial charge in [0.2, 0.25) is 6.10 Å². The summed E-state index contributed by atoms with van der Waals surface area (Å²) in [6.07, 6.45) is -1.17. The van der Waals surface area contributed by atoms with Crippen molar-refractivity contribution in [1.82, 2.24) is 4.98 Å². The number of halogens is 1. The molecule has 0 aliphatic heterocycles. The van der Waals surface area contributed by atoms with Gasteiger partial charge in [-0.3, -0.25) is 0 Å². The molecule has 0 aliphatic carbocycles. The van der Waals surface area contributed by atoms with E-state index in [2.05, 4.69) is 15.9 Å². The second-order valence-corrected chi connectivity index (χ2v) is 8.88. The molecular weight excluding hydrogens is 494 g/mol. The molecule has 6 heteroatoms. The Balaban J connectivity index is 1.81. The van der Waals surface area contributed by atoms with Crippen LogP contribution in [0.4, 0.5) is 0 Å². The number of rotatable bonds is 6. The molecule has 3 aromatic carbocycles. The minimum Gasteiger partial charge on any atom is -0.463 e. The van der Waals surface area contributed by atoms with Crippen LogP contribution in [0, 0.1) is 13.8 Å². The number of carbonyl (C=O) groups is 2. The van der Waals surface area contributed by atoms with E-state index in [1.54, 1.807) is 37.3 Å². The van der Waals surface area contributed by atoms with Crippen molar-refractivity contribution in [3.8, 4) is 11.3 Å². The Hall–Kier alpha value is -3.51. The predicted molar refractivity (Wildman–Crippen MR) is 136 cm³/mol. The van der Waals surface area contributed by atoms with Gasteiger partial charge in [-0.05, 0) is 62.2 Å². The summed E-state index contributed by atoms with van der Waals surface area (Å²) in [7, 11) is 0. The fraction of sp³-hybridized carbons (Fsp3) is 0.179. The predicted octanol–water partition coefficient (Wildman–Crippen LogP) is 6.74. The average Bonchev–Trinajstić information content (AvgIpc) is 2.84. The molecule has 4 rings (SSSR count). The molecule has 0 unspecified atom stereocenters. The van der Waals surface area contributed by atoms with Gasteiger partial charge in [-0.25, -0.2) is 14.6 Å². The Labute approximate surface area is 206 Å². The van der Waals surface area contributed by atoms with Gasteiger partial charge in [-0.1, -0.05) is 58.4 Å². The maximum atomic E-state index is 13.5. The Bertz CT molecular complexity index is 1370. The van der Waals surface area contributed by atoms with Crippen molar-refractivity contribution in [2.24, 2.45) is 0 Å². The molecule has 0 radical (unpaired) electrons. The van der Waals surface area contributed by atoms with E-state index in [0.29, 0.717) is 27.7 Å². The van der Waals surface area contributed by atoms with Gasteiger partial charge in [0.15, 0.2) is 0 Å². The van der Waals surface area contributed by atoms with E-state index >= 15 is 0 Å². The lowest BCUT2D eigenvalue weighted by Gasteiger charge is -2.18. The average molecular weight is 518 g/mol. The van der Waals surface area contributed by atoms with Crippen LogP contribution in [0.25, 0.3) is 22.2 Å². The van der Waals surface area contributed by atoms with Crippen molar-refractivity contribution in [2.45, 2.75) is 26.9 Å². The summed E-state index contributed by atoms with van der Waals surface area (Å²) in [5, 5.41) is 0.627. The second kappa shape index (κ2) is 10.2. The van der Waals surface area contributed by atoms with E-state index in [0.717, 1.165) is 15.6 Å². The van der Waals surface area contributed by atoms with E-state index in [9.17, 15) is 9.59 Å². The first kappa shape index (κ1) is 23.6. The van der Waals surface area contributed by atoms with Gasteiger partial charge in [-0.2, -0.15) is 0 Å². The minimum atomic E-state index is -1.17. The van der Waals surface area contributed by atoms with Gasteiger partial charge in [0, 0.05) is 21.0 Å². The van der Waals surface area contributed by atoms with Crippen LogP contribution < -0.4 is 0 Å². The third kappa shape index (κ3) is 5.02. The monoisotopic (exact) mass is 517 g/mol. The number of hydrogen-bond donors (Lipinski definition) is 0. The Kier molecular flexibility index (Phi) is 7.08. The first-order valence-electron chi connectivity index (χ1n) is 11.0. The summed E-state index contributed by atoms with van der Waals surface area (Å²) in [5.74, 6) is -1.24. The van der Waals surface area contributed by atoms with Crippen molar-refractivity contribution < 1.29 is 19.1 Å². The van der Waals surface area contributed by atoms with Crippen LogP contribution in [-0.4, -0.2) is 23.5 Å². The first-order valence-corrected chi connectivity index (χ1v) is 11.8. The Morgan fingerprint density at radius 2 is 1.71 bits per heavy atom. The number of carbonyl (C=O) groups excluding carboxylic acids is 2. The molecule has 1 atom stereocenters. The number of fused-ring (bicyclic) bond motifs is 1. The SMILES string of the molecule is CCOC(=O)[C@H](OC(=O)c1cc(-c2ccc(C)c(C)c2)nc2ccc(Br)cc12)c1ccccc1. The quantitative estimate of drug-likeness (QED) is 0.265. The normalized spacial score (nSPS) is 11.8. The number of ether oxygens (including phenoxy) is 2. The van der Waals surface area contributed by atoms with Crippen LogP contribution in [0.2, 0.25) is 0 Å². The standard InChI is InChI=1S/C28H24BrNO4/c1-4-33-28(32)26(19-8-6-5-7-9-19)34-27(31)23-16-25(20-11-10-17(2)18(3)14-20)30-24-13-12-21(29)15-22(23)24/h5-16,26H,4H2,1-3H3/t26-/m1/s1. The van der Waals surface area contributed by atoms with Crippen molar-refractivity contribution in [2.75, 3.05) is 6.61 Å². The first-order chi connectivity index (χ1) is 16.4. The smallest absolute Gasteiger partial charge is 0.352 e. The number of hydrogen-bond acceptors (Lipinski definition) is 5. The van der Waals surface area contributed by atoms with Crippen LogP contribution in [0.5, 0.6) is 0 Å². The highest BCUT2D eigenvalue weighted by Crippen LogP contribution is 2.30. The molecule has 172 valence electrons. The summed E-state index contributed by atoms with van der Waals surface area (Å²) < 4.78 is 11.8. The number of nitrogens with zero attached hydrogens (tertiary/aromatic N) is 1. The van der Waals surface area contributed by atoms with Gasteiger partial charge >= 0.3 is 11.9 Å². The molecule has 0 amide bonds. The molecule has 1 aromatic heterocycles. The zero-order valence-electron chi connectivity index (χ0n) is 19.2. The molecular formula is C28H24BrNO4. The molecule has 4 aromatic rings. The number of esters is 2. The van der Waals surface area contributed by atoms with Crippen LogP contribution in [-0.2, 0) is 14.3 Å². The van der Waals surface area contributed by atoms with Crippen molar-refractivity contribution in [1.29, 1.82) is 0 Å². The molecule has 0 N–H and O–H groups in total. The fourth-order valence-corrected chi connectivity index (χ4v) is 4.05. The number of benzene rings is 3. The lowest BCUT2D eigenvalue weighted by atomic mass is 10.0. The maximum absolute atomic E-state index is 13.5. The lowest BCUT2D eigenvalue weighted by molar-refractivity contribution is -0.153. The summed E-state index contributed by atoms with van der Waals surface area (Å²) in [5.41, 5.74) is 5.37. The van der Waals surface area contributed by atoms with Crippen molar-refractivity contribution in [3.05, 3.63) is 99.5 Å². The van der Waals surface area contributed by atoms with E-state index in [-0.39, 0.29) is 6.61 Å². The molecule has 34 heavy (non-hydrogen) atoms. The highest BCUT2D eigenvalue weighted by Gasteiger charge is 2.28. The molecule has 0 fully saturated rings. The van der Waals surface area contributed by atoms with Crippen molar-refractivity contribution in [3.63, 3.8) is 0 Å². The fourth-order valence-electron chi connectivity index (χ4n) is 3.68. The number of aryl methyl sites for hydroxylation is 2. The van der Waals surface area contributed by atoms with Gasteiger partial charge in [0.1, 0.15) is 0 Å². The third-order valence-electron chi connectivity index (χ3n) is 5.62. The van der Waals surface area contributed by atoms with E-state index in [1.165, 1.54) is 5.56 Å². The zero-order valence-corrected chi connectivity index (χ0v) is 20.8. The zero-order chi connectivity index (χ0) is 24.2. The second-order valence-electron chi connectivity index (χ2n) is 7.96. The van der Waals surface area contributed by atoms with Crippen molar-refractivity contribution >= 4 is 38.8 Å². The van der Waals surface area contributed by atoms with Gasteiger partial charge < -0.3 is 9.47 Å². The van der Waals surface area contributed by atoms with Gasteiger partial charge in [-0.15, -0.1) is 0 Å². The van der Waals surface area contributed by atoms with E-state index in [4.69, 9.17) is 14.5 Å². The molecule has 5 nitrogen and oxygen atoms in total. The summed E-state index contributed by atoms with van der Waals surface area (Å²) in [6, 6.07) is 22.2. The van der Waals surface area contributed by atoms with Crippen LogP contribution in [0.1, 0.15) is 40.1 Å². The number of pyridine rings is 1. The molecule has 1 heterocycles. The van der Waals surface area contributed by atoms with E-state index in [1.807, 2.05) is 56.3 Å². The lowest BCUT2D eigenvalue weighted by Crippen LogP contribution is -2.22. The van der Waals surface area contributed by atoms with Gasteiger partial charge in [0.05, 0.1) is 23.4 Å². The number of aromatic nitrogens is 1. The van der Waals surface area contributed by atoms with Crippen LogP contribution >= 0.6 is 15.9 Å². The summed E-state index contributed by atoms with van der Waals surface area (Å²) in [6.45, 7) is 5.98. The van der Waals surface area contributed by atoms with Crippen LogP contribution in [0.3, 0.4) is 0 Å². The Morgan fingerprint density at radius 3 is 2.41 bits per heavy atom. The topological polar surface area (TPSA) is 65.5 Å². The maximum Gasteiger partial charge on any atom is 0.352 e. The Morgan fingerprint density at radius 1 is 0.941 bits per heavy atom. The molecule has 0 saturated heterocycles. The van der Waals surface area contributed by atoms with Crippen LogP contribution in [0.15, 0.2) is 77.3 Å².